The van der Waals surface area contributed by atoms with E-state index in [1.807, 2.05) is 6.07 Å². The third kappa shape index (κ3) is 3.76. The lowest BCUT2D eigenvalue weighted by Gasteiger charge is -2.11. The molecule has 0 aliphatic carbocycles. The lowest BCUT2D eigenvalue weighted by Crippen LogP contribution is -2.23. The lowest BCUT2D eigenvalue weighted by atomic mass is 10.1. The van der Waals surface area contributed by atoms with Gasteiger partial charge in [-0.15, -0.1) is 0 Å². The molecule has 0 bridgehead atoms. The first kappa shape index (κ1) is 16.3. The van der Waals surface area contributed by atoms with Crippen LogP contribution < -0.4 is 14.8 Å². The predicted octanol–water partition coefficient (Wildman–Crippen LogP) is 3.54. The van der Waals surface area contributed by atoms with E-state index in [1.165, 1.54) is 18.2 Å². The van der Waals surface area contributed by atoms with Crippen molar-refractivity contribution < 1.29 is 18.7 Å². The molecule has 116 valence electrons. The molecular formula is C16H15BrFNO3. The van der Waals surface area contributed by atoms with Gasteiger partial charge in [-0.1, -0.05) is 6.07 Å². The third-order valence-corrected chi connectivity index (χ3v) is 3.73. The maximum Gasteiger partial charge on any atom is 0.252 e. The van der Waals surface area contributed by atoms with E-state index in [4.69, 9.17) is 9.47 Å². The van der Waals surface area contributed by atoms with E-state index in [2.05, 4.69) is 21.2 Å². The van der Waals surface area contributed by atoms with Gasteiger partial charge in [0, 0.05) is 11.0 Å². The number of methoxy groups -OCH3 is 2. The molecule has 0 aromatic heterocycles. The number of hydrogen-bond acceptors (Lipinski definition) is 3. The highest BCUT2D eigenvalue weighted by Crippen LogP contribution is 2.27. The normalized spacial score (nSPS) is 10.2. The second-order valence-corrected chi connectivity index (χ2v) is 5.35. The fourth-order valence-corrected chi connectivity index (χ4v) is 2.47. The van der Waals surface area contributed by atoms with E-state index in [1.54, 1.807) is 26.4 Å². The van der Waals surface area contributed by atoms with Crippen LogP contribution >= 0.6 is 15.9 Å². The van der Waals surface area contributed by atoms with Gasteiger partial charge in [0.1, 0.15) is 5.82 Å². The molecule has 0 radical (unpaired) electrons. The SMILES string of the molecule is COc1ccc(CNC(=O)c2ccc(F)cc2Br)cc1OC. The minimum atomic E-state index is -0.400. The first-order chi connectivity index (χ1) is 10.5. The van der Waals surface area contributed by atoms with Gasteiger partial charge in [0.05, 0.1) is 19.8 Å². The summed E-state index contributed by atoms with van der Waals surface area (Å²) in [6, 6.07) is 9.33. The van der Waals surface area contributed by atoms with Gasteiger partial charge in [0.2, 0.25) is 0 Å². The fourth-order valence-electron chi connectivity index (χ4n) is 1.94. The largest absolute Gasteiger partial charge is 0.493 e. The highest BCUT2D eigenvalue weighted by molar-refractivity contribution is 9.10. The van der Waals surface area contributed by atoms with Crippen molar-refractivity contribution in [1.82, 2.24) is 5.32 Å². The monoisotopic (exact) mass is 367 g/mol. The Kier molecular flexibility index (Phi) is 5.38. The van der Waals surface area contributed by atoms with Crippen molar-refractivity contribution in [1.29, 1.82) is 0 Å². The molecule has 2 rings (SSSR count). The standard InChI is InChI=1S/C16H15BrFNO3/c1-21-14-6-3-10(7-15(14)22-2)9-19-16(20)12-5-4-11(18)8-13(12)17/h3-8H,9H2,1-2H3,(H,19,20). The van der Waals surface area contributed by atoms with Gasteiger partial charge in [-0.05, 0) is 51.8 Å². The number of rotatable bonds is 5. The van der Waals surface area contributed by atoms with Gasteiger partial charge in [0.15, 0.2) is 11.5 Å². The van der Waals surface area contributed by atoms with E-state index < -0.39 is 5.82 Å². The summed E-state index contributed by atoms with van der Waals surface area (Å²) in [5, 5.41) is 2.78. The van der Waals surface area contributed by atoms with Crippen LogP contribution in [-0.2, 0) is 6.54 Å². The second-order valence-electron chi connectivity index (χ2n) is 4.50. The Balaban J connectivity index is 2.08. The Morgan fingerprint density at radius 2 is 1.86 bits per heavy atom. The number of carbonyl (C=O) groups is 1. The zero-order chi connectivity index (χ0) is 16.1. The molecule has 0 unspecified atom stereocenters. The molecule has 0 heterocycles. The number of ether oxygens (including phenoxy) is 2. The van der Waals surface area contributed by atoms with Crippen LogP contribution in [0.3, 0.4) is 0 Å². The van der Waals surface area contributed by atoms with Crippen molar-refractivity contribution in [3.8, 4) is 11.5 Å². The maximum absolute atomic E-state index is 13.0. The maximum atomic E-state index is 13.0. The van der Waals surface area contributed by atoms with Crippen LogP contribution in [0.1, 0.15) is 15.9 Å². The zero-order valence-corrected chi connectivity index (χ0v) is 13.7. The highest BCUT2D eigenvalue weighted by atomic mass is 79.9. The van der Waals surface area contributed by atoms with Gasteiger partial charge in [-0.3, -0.25) is 4.79 Å². The Hall–Kier alpha value is -2.08. The van der Waals surface area contributed by atoms with E-state index in [9.17, 15) is 9.18 Å². The summed E-state index contributed by atoms with van der Waals surface area (Å²) in [7, 11) is 3.11. The van der Waals surface area contributed by atoms with Crippen molar-refractivity contribution in [2.45, 2.75) is 6.54 Å². The predicted molar refractivity (Wildman–Crippen MR) is 84.8 cm³/mol. The van der Waals surface area contributed by atoms with Crippen LogP contribution in [0.5, 0.6) is 11.5 Å². The summed E-state index contributed by atoms with van der Waals surface area (Å²) in [4.78, 5) is 12.1. The van der Waals surface area contributed by atoms with Gasteiger partial charge >= 0.3 is 0 Å². The first-order valence-electron chi connectivity index (χ1n) is 6.49. The van der Waals surface area contributed by atoms with Crippen molar-refractivity contribution in [2.24, 2.45) is 0 Å². The zero-order valence-electron chi connectivity index (χ0n) is 12.2. The Labute approximate surface area is 136 Å². The summed E-state index contributed by atoms with van der Waals surface area (Å²) in [6.45, 7) is 0.322. The molecule has 1 N–H and O–H groups in total. The van der Waals surface area contributed by atoms with Crippen LogP contribution in [-0.4, -0.2) is 20.1 Å². The number of hydrogen-bond donors (Lipinski definition) is 1. The van der Waals surface area contributed by atoms with Gasteiger partial charge in [-0.25, -0.2) is 4.39 Å². The van der Waals surface area contributed by atoms with E-state index in [0.717, 1.165) is 5.56 Å². The summed E-state index contributed by atoms with van der Waals surface area (Å²) in [6.07, 6.45) is 0. The molecule has 4 nitrogen and oxygen atoms in total. The topological polar surface area (TPSA) is 47.6 Å². The average molecular weight is 368 g/mol. The Morgan fingerprint density at radius 3 is 2.50 bits per heavy atom. The molecule has 0 spiro atoms. The lowest BCUT2D eigenvalue weighted by molar-refractivity contribution is 0.0950. The minimum Gasteiger partial charge on any atom is -0.493 e. The highest BCUT2D eigenvalue weighted by Gasteiger charge is 2.11. The van der Waals surface area contributed by atoms with Crippen LogP contribution in [0.2, 0.25) is 0 Å². The molecule has 0 fully saturated rings. The molecule has 0 saturated carbocycles. The van der Waals surface area contributed by atoms with Crippen molar-refractivity contribution in [2.75, 3.05) is 14.2 Å². The number of halogens is 2. The van der Waals surface area contributed by atoms with E-state index in [-0.39, 0.29) is 5.91 Å². The molecule has 0 aliphatic heterocycles. The van der Waals surface area contributed by atoms with E-state index >= 15 is 0 Å². The molecule has 22 heavy (non-hydrogen) atoms. The number of benzene rings is 2. The van der Waals surface area contributed by atoms with Crippen molar-refractivity contribution in [3.05, 3.63) is 57.8 Å². The number of nitrogens with one attached hydrogen (secondary N) is 1. The Morgan fingerprint density at radius 1 is 1.14 bits per heavy atom. The molecule has 1 amide bonds. The van der Waals surface area contributed by atoms with Crippen LogP contribution in [0.15, 0.2) is 40.9 Å². The summed E-state index contributed by atoms with van der Waals surface area (Å²) >= 11 is 3.18. The number of carbonyl (C=O) groups excluding carboxylic acids is 1. The van der Waals surface area contributed by atoms with E-state index in [0.29, 0.717) is 28.1 Å². The number of amides is 1. The molecule has 0 atom stereocenters. The average Bonchev–Trinajstić information content (AvgIpc) is 2.52. The van der Waals surface area contributed by atoms with Crippen molar-refractivity contribution in [3.63, 3.8) is 0 Å². The van der Waals surface area contributed by atoms with Crippen LogP contribution in [0.4, 0.5) is 4.39 Å². The van der Waals surface area contributed by atoms with Crippen LogP contribution in [0, 0.1) is 5.82 Å². The molecule has 0 aliphatic rings. The molecule has 2 aromatic rings. The van der Waals surface area contributed by atoms with Gasteiger partial charge in [0.25, 0.3) is 5.91 Å². The third-order valence-electron chi connectivity index (χ3n) is 3.08. The van der Waals surface area contributed by atoms with Crippen LogP contribution in [0.25, 0.3) is 0 Å². The minimum absolute atomic E-state index is 0.290. The molecule has 6 heteroatoms. The quantitative estimate of drug-likeness (QED) is 0.879. The summed E-state index contributed by atoms with van der Waals surface area (Å²) in [5.74, 6) is 0.529. The Bertz CT molecular complexity index is 691. The fraction of sp³-hybridized carbons (Fsp3) is 0.188. The van der Waals surface area contributed by atoms with Gasteiger partial charge in [-0.2, -0.15) is 0 Å². The molecule has 0 saturated heterocycles. The second kappa shape index (κ2) is 7.26. The smallest absolute Gasteiger partial charge is 0.252 e. The first-order valence-corrected chi connectivity index (χ1v) is 7.28. The molecular weight excluding hydrogens is 353 g/mol. The van der Waals surface area contributed by atoms with Gasteiger partial charge < -0.3 is 14.8 Å². The summed E-state index contributed by atoms with van der Waals surface area (Å²) in [5.41, 5.74) is 1.24. The molecule has 2 aromatic carbocycles. The van der Waals surface area contributed by atoms with Crippen molar-refractivity contribution >= 4 is 21.8 Å². The summed E-state index contributed by atoms with van der Waals surface area (Å²) < 4.78 is 23.8.